The average molecular weight is 667 g/mol. The van der Waals surface area contributed by atoms with Gasteiger partial charge in [0.25, 0.3) is 0 Å². The lowest BCUT2D eigenvalue weighted by Gasteiger charge is -2.40. The zero-order chi connectivity index (χ0) is 33.8. The monoisotopic (exact) mass is 666 g/mol. The Labute approximate surface area is 277 Å². The van der Waals surface area contributed by atoms with Gasteiger partial charge in [0.2, 0.25) is 0 Å². The highest BCUT2D eigenvalue weighted by atomic mass is 28.4. The molecule has 0 aliphatic heterocycles. The van der Waals surface area contributed by atoms with Crippen LogP contribution < -0.4 is 0 Å². The third-order valence-corrected chi connectivity index (χ3v) is 20.6. The van der Waals surface area contributed by atoms with Crippen LogP contribution in [0.3, 0.4) is 0 Å². The third-order valence-electron chi connectivity index (χ3n) is 10.3. The summed E-state index contributed by atoms with van der Waals surface area (Å²) in [6.07, 6.45) is 17.3. The second kappa shape index (κ2) is 18.3. The van der Waals surface area contributed by atoms with Crippen LogP contribution in [0.5, 0.6) is 0 Å². The summed E-state index contributed by atoms with van der Waals surface area (Å²) in [4.78, 5) is 0. The topological polar surface area (TPSA) is 47.9 Å². The highest BCUT2D eigenvalue weighted by Crippen LogP contribution is 2.46. The fraction of sp³-hybridized carbons (Fsp3) is 0.865. The van der Waals surface area contributed by atoms with Crippen molar-refractivity contribution in [1.29, 1.82) is 0 Å². The van der Waals surface area contributed by atoms with Gasteiger partial charge in [0.1, 0.15) is 0 Å². The quantitative estimate of drug-likeness (QED) is 0.0798. The number of allylic oxidation sites excluding steroid dienone is 1. The van der Waals surface area contributed by atoms with Crippen LogP contribution in [-0.4, -0.2) is 54.0 Å². The Kier molecular flexibility index (Phi) is 17.4. The van der Waals surface area contributed by atoms with Crippen molar-refractivity contribution in [3.8, 4) is 0 Å². The highest BCUT2D eigenvalue weighted by molar-refractivity contribution is 6.74. The Hall–Kier alpha value is -0.249. The van der Waals surface area contributed by atoms with Crippen LogP contribution in [0.15, 0.2) is 30.0 Å². The largest absolute Gasteiger partial charge is 0.414 e. The zero-order valence-electron chi connectivity index (χ0n) is 31.6. The van der Waals surface area contributed by atoms with Gasteiger partial charge in [0, 0.05) is 5.92 Å². The van der Waals surface area contributed by atoms with Gasteiger partial charge in [-0.05, 0) is 126 Å². The van der Waals surface area contributed by atoms with Gasteiger partial charge in [-0.25, -0.2) is 0 Å². The van der Waals surface area contributed by atoms with Crippen molar-refractivity contribution in [2.45, 2.75) is 193 Å². The summed E-state index contributed by atoms with van der Waals surface area (Å²) in [5.74, 6) is 0.652. The maximum Gasteiger partial charge on any atom is 0.192 e. The molecule has 1 fully saturated rings. The number of aliphatic hydroxyl groups excluding tert-OH is 1. The second-order valence-electron chi connectivity index (χ2n) is 16.4. The first-order chi connectivity index (χ1) is 20.3. The van der Waals surface area contributed by atoms with E-state index in [0.717, 1.165) is 56.7 Å². The SMILES string of the molecule is CCCCC(C)(C/C=C/[C@H]1[C@H](O[Si](CC)(CC)CC)CC(O[Si](C)(C)C(C)(C)C)[C@@H]1CC=C=CCCC(C)O)O[Si](C)(C)C. The minimum atomic E-state index is -1.98. The fourth-order valence-corrected chi connectivity index (χ4v) is 12.4. The maximum atomic E-state index is 9.66. The molecule has 3 unspecified atom stereocenters. The van der Waals surface area contributed by atoms with Gasteiger partial charge in [-0.15, -0.1) is 5.73 Å². The van der Waals surface area contributed by atoms with E-state index in [0.29, 0.717) is 11.8 Å². The van der Waals surface area contributed by atoms with Gasteiger partial charge in [-0.3, -0.25) is 0 Å². The predicted octanol–water partition coefficient (Wildman–Crippen LogP) is 11.4. The molecule has 0 radical (unpaired) electrons. The van der Waals surface area contributed by atoms with Crippen LogP contribution >= 0.6 is 0 Å². The number of hydrogen-bond acceptors (Lipinski definition) is 4. The highest BCUT2D eigenvalue weighted by Gasteiger charge is 2.49. The summed E-state index contributed by atoms with van der Waals surface area (Å²) in [5.41, 5.74) is 3.33. The van der Waals surface area contributed by atoms with Crippen LogP contribution in [0.25, 0.3) is 0 Å². The normalized spacial score (nSPS) is 23.9. The van der Waals surface area contributed by atoms with Crippen molar-refractivity contribution in [3.05, 3.63) is 30.0 Å². The molecule has 44 heavy (non-hydrogen) atoms. The van der Waals surface area contributed by atoms with Crippen LogP contribution in [0, 0.1) is 11.8 Å². The van der Waals surface area contributed by atoms with Crippen LogP contribution in [0.2, 0.25) is 55.9 Å². The van der Waals surface area contributed by atoms with Crippen molar-refractivity contribution in [3.63, 3.8) is 0 Å². The second-order valence-corrected chi connectivity index (χ2v) is 30.3. The first-order valence-corrected chi connectivity index (χ1v) is 26.9. The molecule has 0 bridgehead atoms. The molecule has 0 aromatic carbocycles. The summed E-state index contributed by atoms with van der Waals surface area (Å²) in [5, 5.41) is 9.82. The molecule has 0 spiro atoms. The van der Waals surface area contributed by atoms with Crippen molar-refractivity contribution in [2.24, 2.45) is 11.8 Å². The smallest absolute Gasteiger partial charge is 0.192 e. The molecule has 1 rings (SSSR count). The Morgan fingerprint density at radius 2 is 1.52 bits per heavy atom. The van der Waals surface area contributed by atoms with Gasteiger partial charge >= 0.3 is 0 Å². The van der Waals surface area contributed by atoms with Crippen molar-refractivity contribution in [1.82, 2.24) is 0 Å². The summed E-state index contributed by atoms with van der Waals surface area (Å²) >= 11 is 0. The van der Waals surface area contributed by atoms with Crippen molar-refractivity contribution >= 4 is 25.0 Å². The summed E-state index contributed by atoms with van der Waals surface area (Å²) in [6.45, 7) is 32.2. The molecule has 1 aliphatic rings. The first kappa shape index (κ1) is 41.8. The van der Waals surface area contributed by atoms with E-state index in [4.69, 9.17) is 13.3 Å². The van der Waals surface area contributed by atoms with Gasteiger partial charge in [0.15, 0.2) is 25.0 Å². The molecule has 1 N–H and O–H groups in total. The first-order valence-electron chi connectivity index (χ1n) is 18.1. The third kappa shape index (κ3) is 13.9. The van der Waals surface area contributed by atoms with E-state index in [1.807, 2.05) is 6.92 Å². The molecule has 0 heterocycles. The molecule has 7 heteroatoms. The molecule has 1 saturated carbocycles. The molecule has 0 amide bonds. The summed E-state index contributed by atoms with van der Waals surface area (Å²) in [6, 6.07) is 3.49. The molecular formula is C37H74O4Si3. The number of rotatable bonds is 20. The van der Waals surface area contributed by atoms with E-state index < -0.39 is 25.0 Å². The van der Waals surface area contributed by atoms with Gasteiger partial charge in [0.05, 0.1) is 23.9 Å². The lowest BCUT2D eigenvalue weighted by atomic mass is 9.88. The van der Waals surface area contributed by atoms with E-state index in [2.05, 4.69) is 118 Å². The molecule has 1 aliphatic carbocycles. The molecular weight excluding hydrogens is 593 g/mol. The van der Waals surface area contributed by atoms with Gasteiger partial charge < -0.3 is 18.4 Å². The molecule has 0 aromatic heterocycles. The summed E-state index contributed by atoms with van der Waals surface area (Å²) < 4.78 is 21.4. The van der Waals surface area contributed by atoms with E-state index in [-0.39, 0.29) is 29.0 Å². The Balaban J connectivity index is 3.54. The van der Waals surface area contributed by atoms with Gasteiger partial charge in [-0.2, -0.15) is 0 Å². The minimum Gasteiger partial charge on any atom is -0.414 e. The minimum absolute atomic E-state index is 0.125. The Morgan fingerprint density at radius 1 is 0.909 bits per heavy atom. The fourth-order valence-electron chi connectivity index (χ4n) is 6.45. The van der Waals surface area contributed by atoms with E-state index in [1.165, 1.54) is 12.8 Å². The number of unbranched alkanes of at least 4 members (excludes halogenated alkanes) is 1. The molecule has 0 saturated heterocycles. The number of aliphatic hydroxyl groups is 1. The summed E-state index contributed by atoms with van der Waals surface area (Å²) in [7, 11) is -5.49. The number of hydrogen-bond donors (Lipinski definition) is 1. The van der Waals surface area contributed by atoms with Crippen LogP contribution in [0.4, 0.5) is 0 Å². The molecule has 6 atom stereocenters. The maximum absolute atomic E-state index is 9.66. The van der Waals surface area contributed by atoms with Crippen molar-refractivity contribution in [2.75, 3.05) is 0 Å². The van der Waals surface area contributed by atoms with Gasteiger partial charge in [-0.1, -0.05) is 73.5 Å². The molecule has 4 nitrogen and oxygen atoms in total. The Bertz CT molecular complexity index is 898. The Morgan fingerprint density at radius 3 is 2.02 bits per heavy atom. The van der Waals surface area contributed by atoms with E-state index in [1.54, 1.807) is 0 Å². The lowest BCUT2D eigenvalue weighted by molar-refractivity contribution is 0.0711. The van der Waals surface area contributed by atoms with E-state index >= 15 is 0 Å². The standard InChI is InChI=1S/C37H74O4Si3/c1-15-19-28-37(9,41-42(10,11)12)29-24-27-33-32(26-23-21-20-22-25-31(5)38)34(39-43(13,14)36(6,7)8)30-35(33)40-44(16-2,17-3)18-4/h20,23-24,27,31-35,38H,15-19,22,25-26,28-30H2,1-14H3/b27-24+/t21?,31?,32-,33-,34?,35-,37?/m1/s1. The van der Waals surface area contributed by atoms with Crippen LogP contribution in [0.1, 0.15) is 114 Å². The molecule has 258 valence electrons. The predicted molar refractivity (Wildman–Crippen MR) is 200 cm³/mol. The zero-order valence-corrected chi connectivity index (χ0v) is 34.6. The lowest BCUT2D eigenvalue weighted by Crippen LogP contribution is -2.45. The average Bonchev–Trinajstić information content (AvgIpc) is 3.20. The van der Waals surface area contributed by atoms with Crippen molar-refractivity contribution < 1.29 is 18.4 Å². The van der Waals surface area contributed by atoms with E-state index in [9.17, 15) is 5.11 Å². The molecule has 0 aromatic rings. The van der Waals surface area contributed by atoms with Crippen LogP contribution in [-0.2, 0) is 13.3 Å².